The largest absolute Gasteiger partial charge is 0.497 e. The van der Waals surface area contributed by atoms with Crippen LogP contribution in [0.2, 0.25) is 0 Å². The van der Waals surface area contributed by atoms with E-state index in [0.29, 0.717) is 11.4 Å². The first-order valence-corrected chi connectivity index (χ1v) is 11.9. The van der Waals surface area contributed by atoms with Crippen molar-refractivity contribution < 1.29 is 9.53 Å². The van der Waals surface area contributed by atoms with Crippen molar-refractivity contribution in [1.29, 1.82) is 0 Å². The summed E-state index contributed by atoms with van der Waals surface area (Å²) in [6.45, 7) is 3.86. The molecule has 1 amide bonds. The predicted molar refractivity (Wildman–Crippen MR) is 128 cm³/mol. The van der Waals surface area contributed by atoms with E-state index < -0.39 is 0 Å². The summed E-state index contributed by atoms with van der Waals surface area (Å²) >= 11 is 3.00. The molecule has 4 aromatic rings. The van der Waals surface area contributed by atoms with Crippen molar-refractivity contribution >= 4 is 29.0 Å². The predicted octanol–water partition coefficient (Wildman–Crippen LogP) is 4.83. The topological polar surface area (TPSA) is 81.9 Å². The van der Waals surface area contributed by atoms with Crippen molar-refractivity contribution in [3.8, 4) is 22.8 Å². The van der Waals surface area contributed by atoms with Gasteiger partial charge in [0.2, 0.25) is 0 Å². The Balaban J connectivity index is 1.61. The third kappa shape index (κ3) is 5.00. The molecule has 0 aliphatic heterocycles. The van der Waals surface area contributed by atoms with Crippen LogP contribution >= 0.6 is 23.1 Å². The minimum absolute atomic E-state index is 0.0708. The highest BCUT2D eigenvalue weighted by atomic mass is 32.2. The first-order valence-electron chi connectivity index (χ1n) is 10.1. The van der Waals surface area contributed by atoms with Crippen molar-refractivity contribution in [1.82, 2.24) is 25.1 Å². The second-order valence-corrected chi connectivity index (χ2v) is 9.14. The smallest absolute Gasteiger partial charge is 0.270 e. The number of amides is 1. The van der Waals surface area contributed by atoms with E-state index in [0.717, 1.165) is 33.0 Å². The molecular weight excluding hydrogens is 442 g/mol. The molecule has 0 atom stereocenters. The van der Waals surface area contributed by atoms with E-state index in [2.05, 4.69) is 20.5 Å². The Bertz CT molecular complexity index is 1200. The minimum atomic E-state index is -0.153. The summed E-state index contributed by atoms with van der Waals surface area (Å²) in [6.07, 6.45) is 0. The van der Waals surface area contributed by atoms with Gasteiger partial charge >= 0.3 is 0 Å². The minimum Gasteiger partial charge on any atom is -0.497 e. The van der Waals surface area contributed by atoms with E-state index in [4.69, 9.17) is 4.74 Å². The zero-order valence-electron chi connectivity index (χ0n) is 18.0. The number of hydrogen-bond donors (Lipinski definition) is 1. The molecule has 0 saturated heterocycles. The van der Waals surface area contributed by atoms with Gasteiger partial charge < -0.3 is 10.1 Å². The Morgan fingerprint density at radius 3 is 2.72 bits per heavy atom. The quantitative estimate of drug-likeness (QED) is 0.375. The average Bonchev–Trinajstić information content (AvgIpc) is 3.45. The summed E-state index contributed by atoms with van der Waals surface area (Å²) in [5.74, 6) is 1.92. The van der Waals surface area contributed by atoms with Crippen LogP contribution in [0.5, 0.6) is 5.75 Å². The monoisotopic (exact) mass is 465 g/mol. The van der Waals surface area contributed by atoms with Crippen LogP contribution in [0.25, 0.3) is 17.1 Å². The van der Waals surface area contributed by atoms with Crippen LogP contribution in [-0.4, -0.2) is 38.8 Å². The molecular formula is C23H23N5O2S2. The van der Waals surface area contributed by atoms with Gasteiger partial charge in [-0.25, -0.2) is 4.98 Å². The lowest BCUT2D eigenvalue weighted by Crippen LogP contribution is -2.30. The van der Waals surface area contributed by atoms with E-state index in [-0.39, 0.29) is 11.9 Å². The van der Waals surface area contributed by atoms with Crippen LogP contribution in [-0.2, 0) is 5.75 Å². The Labute approximate surface area is 194 Å². The number of carbonyl (C=O) groups is 1. The summed E-state index contributed by atoms with van der Waals surface area (Å²) in [7, 11) is 1.64. The van der Waals surface area contributed by atoms with Gasteiger partial charge in [0, 0.05) is 22.7 Å². The number of rotatable bonds is 8. The number of carbonyl (C=O) groups excluding carboxylic acids is 1. The second-order valence-electron chi connectivity index (χ2n) is 7.25. The SMILES string of the molecule is COc1cccc(-c2nnc(SCc3nc(C(=O)NC(C)C)cs3)n2-c2ccccc2)c1. The fourth-order valence-corrected chi connectivity index (χ4v) is 4.81. The van der Waals surface area contributed by atoms with Crippen molar-refractivity contribution in [2.24, 2.45) is 0 Å². The molecule has 2 aromatic heterocycles. The highest BCUT2D eigenvalue weighted by Gasteiger charge is 2.18. The van der Waals surface area contributed by atoms with Gasteiger partial charge in [-0.3, -0.25) is 9.36 Å². The molecule has 32 heavy (non-hydrogen) atoms. The summed E-state index contributed by atoms with van der Waals surface area (Å²) in [6, 6.07) is 17.8. The second kappa shape index (κ2) is 9.97. The summed E-state index contributed by atoms with van der Waals surface area (Å²) in [5.41, 5.74) is 2.32. The van der Waals surface area contributed by atoms with E-state index in [1.165, 1.54) is 23.1 Å². The van der Waals surface area contributed by atoms with Gasteiger partial charge in [0.25, 0.3) is 5.91 Å². The van der Waals surface area contributed by atoms with Gasteiger partial charge in [-0.05, 0) is 38.1 Å². The molecule has 0 aliphatic rings. The first kappa shape index (κ1) is 22.0. The third-order valence-electron chi connectivity index (χ3n) is 4.50. The van der Waals surface area contributed by atoms with Gasteiger partial charge in [-0.15, -0.1) is 21.5 Å². The molecule has 2 aromatic carbocycles. The Kier molecular flexibility index (Phi) is 6.87. The maximum atomic E-state index is 12.2. The lowest BCUT2D eigenvalue weighted by molar-refractivity contribution is 0.0938. The standard InChI is InChI=1S/C23H23N5O2S2/c1-15(2)24-22(29)19-13-31-20(25-19)14-32-23-27-26-21(16-8-7-11-18(12-16)30-3)28(23)17-9-5-4-6-10-17/h4-13,15H,14H2,1-3H3,(H,24,29). The molecule has 7 nitrogen and oxygen atoms in total. The van der Waals surface area contributed by atoms with Crippen LogP contribution in [0.15, 0.2) is 65.1 Å². The van der Waals surface area contributed by atoms with Gasteiger partial charge in [-0.2, -0.15) is 0 Å². The van der Waals surface area contributed by atoms with Crippen LogP contribution in [0.1, 0.15) is 29.3 Å². The summed E-state index contributed by atoms with van der Waals surface area (Å²) in [4.78, 5) is 16.7. The fourth-order valence-electron chi connectivity index (χ4n) is 3.07. The maximum absolute atomic E-state index is 12.2. The van der Waals surface area contributed by atoms with Crippen LogP contribution < -0.4 is 10.1 Å². The van der Waals surface area contributed by atoms with E-state index in [1.807, 2.05) is 73.0 Å². The number of benzene rings is 2. The van der Waals surface area contributed by atoms with E-state index in [1.54, 1.807) is 12.5 Å². The van der Waals surface area contributed by atoms with Crippen molar-refractivity contribution in [3.05, 3.63) is 70.7 Å². The van der Waals surface area contributed by atoms with Crippen molar-refractivity contribution in [2.75, 3.05) is 7.11 Å². The number of nitrogens with one attached hydrogen (secondary N) is 1. The number of hydrogen-bond acceptors (Lipinski definition) is 7. The first-order chi connectivity index (χ1) is 15.5. The molecule has 1 N–H and O–H groups in total. The van der Waals surface area contributed by atoms with Gasteiger partial charge in [0.1, 0.15) is 16.5 Å². The molecule has 9 heteroatoms. The van der Waals surface area contributed by atoms with E-state index >= 15 is 0 Å². The molecule has 0 aliphatic carbocycles. The molecule has 0 bridgehead atoms. The highest BCUT2D eigenvalue weighted by Crippen LogP contribution is 2.31. The summed E-state index contributed by atoms with van der Waals surface area (Å²) < 4.78 is 7.40. The number of thioether (sulfide) groups is 1. The van der Waals surface area contributed by atoms with Gasteiger partial charge in [0.05, 0.1) is 12.9 Å². The molecule has 2 heterocycles. The molecule has 0 unspecified atom stereocenters. The van der Waals surface area contributed by atoms with Crippen molar-refractivity contribution in [2.45, 2.75) is 30.8 Å². The highest BCUT2D eigenvalue weighted by molar-refractivity contribution is 7.98. The van der Waals surface area contributed by atoms with Crippen LogP contribution in [0.4, 0.5) is 0 Å². The fraction of sp³-hybridized carbons (Fsp3) is 0.217. The maximum Gasteiger partial charge on any atom is 0.270 e. The average molecular weight is 466 g/mol. The zero-order chi connectivity index (χ0) is 22.5. The Morgan fingerprint density at radius 2 is 1.97 bits per heavy atom. The summed E-state index contributed by atoms with van der Waals surface area (Å²) in [5, 5.41) is 15.2. The Morgan fingerprint density at radius 1 is 1.16 bits per heavy atom. The number of thiazole rings is 1. The number of para-hydroxylation sites is 1. The lowest BCUT2D eigenvalue weighted by Gasteiger charge is -2.10. The van der Waals surface area contributed by atoms with Gasteiger partial charge in [-0.1, -0.05) is 42.1 Å². The zero-order valence-corrected chi connectivity index (χ0v) is 19.6. The number of ether oxygens (including phenoxy) is 1. The molecule has 0 radical (unpaired) electrons. The normalized spacial score (nSPS) is 11.0. The van der Waals surface area contributed by atoms with Gasteiger partial charge in [0.15, 0.2) is 11.0 Å². The van der Waals surface area contributed by atoms with E-state index in [9.17, 15) is 4.79 Å². The lowest BCUT2D eigenvalue weighted by atomic mass is 10.2. The number of aromatic nitrogens is 4. The molecule has 0 fully saturated rings. The van der Waals surface area contributed by atoms with Crippen molar-refractivity contribution in [3.63, 3.8) is 0 Å². The van der Waals surface area contributed by atoms with Crippen LogP contribution in [0, 0.1) is 0 Å². The Hall–Kier alpha value is -3.17. The molecule has 0 saturated carbocycles. The molecule has 4 rings (SSSR count). The molecule has 0 spiro atoms. The molecule has 164 valence electrons. The van der Waals surface area contributed by atoms with Crippen LogP contribution in [0.3, 0.4) is 0 Å². The third-order valence-corrected chi connectivity index (χ3v) is 6.48. The number of nitrogens with zero attached hydrogens (tertiary/aromatic N) is 4. The number of methoxy groups -OCH3 is 1.